The predicted molar refractivity (Wildman–Crippen MR) is 136 cm³/mol. The van der Waals surface area contributed by atoms with Crippen molar-refractivity contribution in [3.8, 4) is 16.9 Å². The molecule has 0 saturated heterocycles. The molecule has 0 aromatic heterocycles. The summed E-state index contributed by atoms with van der Waals surface area (Å²) in [6.45, 7) is 4.10. The molecule has 0 bridgehead atoms. The van der Waals surface area contributed by atoms with Gasteiger partial charge in [-0.25, -0.2) is 17.6 Å². The van der Waals surface area contributed by atoms with E-state index < -0.39 is 22.6 Å². The Morgan fingerprint density at radius 3 is 2.40 bits per heavy atom. The van der Waals surface area contributed by atoms with Crippen LogP contribution in [-0.2, 0) is 14.8 Å². The Hall–Kier alpha value is -2.88. The summed E-state index contributed by atoms with van der Waals surface area (Å²) in [5.41, 5.74) is 2.24. The van der Waals surface area contributed by atoms with Crippen LogP contribution in [0.3, 0.4) is 0 Å². The second kappa shape index (κ2) is 12.2. The highest BCUT2D eigenvalue weighted by atomic mass is 32.2. The van der Waals surface area contributed by atoms with Gasteiger partial charge in [0.25, 0.3) is 0 Å². The molecule has 0 aliphatic rings. The largest absolute Gasteiger partial charge is 0.482 e. The minimum absolute atomic E-state index is 0.201. The maximum absolute atomic E-state index is 13.5. The average molecular weight is 518 g/mol. The standard InChI is InChI=1S/C26H28FNO5S2/c1-3-13-28(14-15-34-23-9-12-25(19(2)16-23)33-18-26(29)30)35(31,32)24-10-7-20(8-11-24)21-5-4-6-22(27)17-21/h4-12,16-17H,3,13-15,18H2,1-2H3,(H,29,30). The highest BCUT2D eigenvalue weighted by molar-refractivity contribution is 7.99. The van der Waals surface area contributed by atoms with E-state index in [9.17, 15) is 17.6 Å². The average Bonchev–Trinajstić information content (AvgIpc) is 2.83. The lowest BCUT2D eigenvalue weighted by Gasteiger charge is -2.22. The first-order valence-electron chi connectivity index (χ1n) is 11.1. The molecule has 0 saturated carbocycles. The molecule has 0 amide bonds. The number of sulfonamides is 1. The summed E-state index contributed by atoms with van der Waals surface area (Å²) in [6.07, 6.45) is 0.681. The molecule has 3 rings (SSSR count). The van der Waals surface area contributed by atoms with E-state index in [0.717, 1.165) is 16.0 Å². The molecule has 35 heavy (non-hydrogen) atoms. The second-order valence-electron chi connectivity index (χ2n) is 7.90. The molecule has 3 aromatic rings. The molecule has 0 spiro atoms. The molecule has 0 heterocycles. The lowest BCUT2D eigenvalue weighted by molar-refractivity contribution is -0.139. The Labute approximate surface area is 209 Å². The van der Waals surface area contributed by atoms with Gasteiger partial charge in [-0.15, -0.1) is 11.8 Å². The number of hydrogen-bond donors (Lipinski definition) is 1. The molecule has 0 aliphatic carbocycles. The maximum atomic E-state index is 13.5. The van der Waals surface area contributed by atoms with Crippen molar-refractivity contribution in [2.24, 2.45) is 0 Å². The molecule has 0 fully saturated rings. The van der Waals surface area contributed by atoms with Crippen LogP contribution in [-0.4, -0.2) is 49.2 Å². The first kappa shape index (κ1) is 26.7. The van der Waals surface area contributed by atoms with Crippen molar-refractivity contribution in [3.05, 3.63) is 78.1 Å². The quantitative estimate of drug-likeness (QED) is 0.321. The van der Waals surface area contributed by atoms with E-state index in [1.165, 1.54) is 28.2 Å². The molecule has 0 aliphatic heterocycles. The number of rotatable bonds is 12. The van der Waals surface area contributed by atoms with Crippen LogP contribution in [0.2, 0.25) is 0 Å². The van der Waals surface area contributed by atoms with E-state index >= 15 is 0 Å². The second-order valence-corrected chi connectivity index (χ2v) is 11.0. The predicted octanol–water partition coefficient (Wildman–Crippen LogP) is 5.46. The zero-order valence-electron chi connectivity index (χ0n) is 19.6. The fourth-order valence-electron chi connectivity index (χ4n) is 3.52. The smallest absolute Gasteiger partial charge is 0.341 e. The van der Waals surface area contributed by atoms with E-state index in [0.29, 0.717) is 36.6 Å². The van der Waals surface area contributed by atoms with Gasteiger partial charge in [-0.05, 0) is 72.5 Å². The first-order valence-corrected chi connectivity index (χ1v) is 13.6. The summed E-state index contributed by atoms with van der Waals surface area (Å²) in [6, 6.07) is 18.1. The van der Waals surface area contributed by atoms with Gasteiger partial charge in [0, 0.05) is 23.7 Å². The number of benzene rings is 3. The molecule has 9 heteroatoms. The fourth-order valence-corrected chi connectivity index (χ4v) is 6.14. The third-order valence-corrected chi connectivity index (χ3v) is 8.12. The third kappa shape index (κ3) is 7.30. The number of aliphatic carboxylic acids is 1. The lowest BCUT2D eigenvalue weighted by atomic mass is 10.1. The van der Waals surface area contributed by atoms with E-state index in [4.69, 9.17) is 9.84 Å². The van der Waals surface area contributed by atoms with Crippen LogP contribution in [0.15, 0.2) is 76.5 Å². The number of carbonyl (C=O) groups is 1. The van der Waals surface area contributed by atoms with E-state index in [1.54, 1.807) is 42.5 Å². The zero-order valence-corrected chi connectivity index (χ0v) is 21.2. The van der Waals surface area contributed by atoms with Crippen molar-refractivity contribution >= 4 is 27.8 Å². The van der Waals surface area contributed by atoms with Gasteiger partial charge in [0.05, 0.1) is 4.90 Å². The van der Waals surface area contributed by atoms with Crippen molar-refractivity contribution in [1.82, 2.24) is 4.31 Å². The van der Waals surface area contributed by atoms with E-state index in [-0.39, 0.29) is 10.7 Å². The van der Waals surface area contributed by atoms with Crippen LogP contribution in [0.5, 0.6) is 5.75 Å². The minimum atomic E-state index is -3.68. The summed E-state index contributed by atoms with van der Waals surface area (Å²) in [5, 5.41) is 8.76. The SMILES string of the molecule is CCCN(CCSc1ccc(OCC(=O)O)c(C)c1)S(=O)(=O)c1ccc(-c2cccc(F)c2)cc1. The molecule has 3 aromatic carbocycles. The first-order chi connectivity index (χ1) is 16.7. The molecule has 0 atom stereocenters. The summed E-state index contributed by atoms with van der Waals surface area (Å²) >= 11 is 1.52. The molecule has 0 unspecified atom stereocenters. The molecule has 186 valence electrons. The highest BCUT2D eigenvalue weighted by Crippen LogP contribution is 2.27. The number of ether oxygens (including phenoxy) is 1. The number of halogens is 1. The summed E-state index contributed by atoms with van der Waals surface area (Å²) in [4.78, 5) is 11.8. The van der Waals surface area contributed by atoms with Crippen molar-refractivity contribution < 1.29 is 27.4 Å². The maximum Gasteiger partial charge on any atom is 0.341 e. The van der Waals surface area contributed by atoms with Crippen LogP contribution < -0.4 is 4.74 Å². The normalized spacial score (nSPS) is 11.5. The van der Waals surface area contributed by atoms with Crippen molar-refractivity contribution in [2.45, 2.75) is 30.1 Å². The van der Waals surface area contributed by atoms with Gasteiger partial charge in [-0.2, -0.15) is 4.31 Å². The zero-order chi connectivity index (χ0) is 25.4. The molecule has 1 N–H and O–H groups in total. The van der Waals surface area contributed by atoms with Crippen molar-refractivity contribution in [2.75, 3.05) is 25.4 Å². The highest BCUT2D eigenvalue weighted by Gasteiger charge is 2.23. The number of aryl methyl sites for hydroxylation is 1. The minimum Gasteiger partial charge on any atom is -0.482 e. The van der Waals surface area contributed by atoms with E-state index in [1.807, 2.05) is 26.0 Å². The van der Waals surface area contributed by atoms with E-state index in [2.05, 4.69) is 0 Å². The number of nitrogens with zero attached hydrogens (tertiary/aromatic N) is 1. The van der Waals surface area contributed by atoms with Crippen LogP contribution in [0.4, 0.5) is 4.39 Å². The Bertz CT molecular complexity index is 1260. The molecular weight excluding hydrogens is 489 g/mol. The van der Waals surface area contributed by atoms with Gasteiger partial charge in [0.2, 0.25) is 10.0 Å². The van der Waals surface area contributed by atoms with Crippen LogP contribution in [0.1, 0.15) is 18.9 Å². The van der Waals surface area contributed by atoms with Crippen LogP contribution in [0, 0.1) is 12.7 Å². The Morgan fingerprint density at radius 2 is 1.77 bits per heavy atom. The number of hydrogen-bond acceptors (Lipinski definition) is 5. The number of carboxylic acids is 1. The van der Waals surface area contributed by atoms with Gasteiger partial charge in [0.15, 0.2) is 6.61 Å². The third-order valence-electron chi connectivity index (χ3n) is 5.23. The number of carboxylic acid groups (broad SMARTS) is 1. The molecule has 0 radical (unpaired) electrons. The summed E-state index contributed by atoms with van der Waals surface area (Å²) < 4.78 is 46.8. The summed E-state index contributed by atoms with van der Waals surface area (Å²) in [5.74, 6) is -0.323. The molecular formula is C26H28FNO5S2. The topological polar surface area (TPSA) is 83.9 Å². The Morgan fingerprint density at radius 1 is 1.03 bits per heavy atom. The Balaban J connectivity index is 1.66. The Kier molecular flexibility index (Phi) is 9.31. The van der Waals surface area contributed by atoms with Gasteiger partial charge in [-0.3, -0.25) is 0 Å². The number of thioether (sulfide) groups is 1. The summed E-state index contributed by atoms with van der Waals surface area (Å²) in [7, 11) is -3.68. The van der Waals surface area contributed by atoms with Gasteiger partial charge in [-0.1, -0.05) is 31.2 Å². The van der Waals surface area contributed by atoms with Crippen LogP contribution >= 0.6 is 11.8 Å². The van der Waals surface area contributed by atoms with Crippen molar-refractivity contribution in [3.63, 3.8) is 0 Å². The van der Waals surface area contributed by atoms with Crippen molar-refractivity contribution in [1.29, 1.82) is 0 Å². The fraction of sp³-hybridized carbons (Fsp3) is 0.269. The van der Waals surface area contributed by atoms with Gasteiger partial charge in [0.1, 0.15) is 11.6 Å². The lowest BCUT2D eigenvalue weighted by Crippen LogP contribution is -2.33. The monoisotopic (exact) mass is 517 g/mol. The molecule has 6 nitrogen and oxygen atoms in total. The van der Waals surface area contributed by atoms with Gasteiger partial charge < -0.3 is 9.84 Å². The van der Waals surface area contributed by atoms with Gasteiger partial charge >= 0.3 is 5.97 Å². The van der Waals surface area contributed by atoms with Crippen LogP contribution in [0.25, 0.3) is 11.1 Å².